The lowest BCUT2D eigenvalue weighted by atomic mass is 10.1. The third-order valence-corrected chi connectivity index (χ3v) is 4.62. The van der Waals surface area contributed by atoms with E-state index in [0.29, 0.717) is 5.16 Å². The molecule has 0 aliphatic heterocycles. The number of amides is 1. The van der Waals surface area contributed by atoms with E-state index in [1.165, 1.54) is 23.9 Å². The zero-order valence-corrected chi connectivity index (χ0v) is 15.5. The number of rotatable bonds is 6. The lowest BCUT2D eigenvalue weighted by Crippen LogP contribution is -2.31. The van der Waals surface area contributed by atoms with Crippen LogP contribution in [-0.2, 0) is 4.79 Å². The first kappa shape index (κ1) is 18.2. The van der Waals surface area contributed by atoms with Crippen molar-refractivity contribution in [3.63, 3.8) is 0 Å². The van der Waals surface area contributed by atoms with E-state index in [2.05, 4.69) is 10.3 Å². The molecule has 4 nitrogen and oxygen atoms in total. The Balaban J connectivity index is 1.95. The molecule has 1 heterocycles. The fraction of sp³-hybridized carbons (Fsp3) is 0.200. The minimum atomic E-state index is -0.291. The van der Waals surface area contributed by atoms with Crippen molar-refractivity contribution in [3.05, 3.63) is 66.6 Å². The molecule has 6 heteroatoms. The molecule has 0 unspecified atom stereocenters. The molecule has 1 amide bonds. The zero-order valence-electron chi connectivity index (χ0n) is 14.6. The molecule has 0 aliphatic rings. The normalized spacial score (nSPS) is 10.9. The van der Waals surface area contributed by atoms with Crippen molar-refractivity contribution in [2.75, 3.05) is 5.75 Å². The Labute approximate surface area is 156 Å². The lowest BCUT2D eigenvalue weighted by Gasteiger charge is -2.13. The number of benzene rings is 2. The van der Waals surface area contributed by atoms with Crippen LogP contribution >= 0.6 is 11.8 Å². The van der Waals surface area contributed by atoms with Crippen LogP contribution in [-0.4, -0.2) is 27.3 Å². The highest BCUT2D eigenvalue weighted by atomic mass is 32.2. The average Bonchev–Trinajstić information content (AvgIpc) is 3.05. The van der Waals surface area contributed by atoms with Crippen LogP contribution in [0.5, 0.6) is 0 Å². The number of nitrogens with one attached hydrogen (secondary N) is 1. The monoisotopic (exact) mass is 369 g/mol. The molecule has 0 atom stereocenters. The van der Waals surface area contributed by atoms with Crippen LogP contribution in [0.2, 0.25) is 0 Å². The maximum absolute atomic E-state index is 13.3. The molecule has 0 fully saturated rings. The van der Waals surface area contributed by atoms with Crippen LogP contribution in [0.4, 0.5) is 4.39 Å². The molecular formula is C20H20FN3OS. The maximum atomic E-state index is 13.3. The van der Waals surface area contributed by atoms with E-state index in [9.17, 15) is 9.18 Å². The Morgan fingerprint density at radius 1 is 1.15 bits per heavy atom. The summed E-state index contributed by atoms with van der Waals surface area (Å²) in [6.07, 6.45) is 1.78. The summed E-state index contributed by atoms with van der Waals surface area (Å²) in [5.74, 6) is -0.0643. The predicted molar refractivity (Wildman–Crippen MR) is 103 cm³/mol. The molecule has 0 saturated heterocycles. The quantitative estimate of drug-likeness (QED) is 0.659. The van der Waals surface area contributed by atoms with E-state index in [-0.39, 0.29) is 23.5 Å². The van der Waals surface area contributed by atoms with Crippen molar-refractivity contribution in [1.82, 2.24) is 14.9 Å². The fourth-order valence-corrected chi connectivity index (χ4v) is 3.39. The Kier molecular flexibility index (Phi) is 5.73. The van der Waals surface area contributed by atoms with Gasteiger partial charge in [-0.15, -0.1) is 0 Å². The van der Waals surface area contributed by atoms with Crippen molar-refractivity contribution >= 4 is 17.7 Å². The topological polar surface area (TPSA) is 46.9 Å². The van der Waals surface area contributed by atoms with Gasteiger partial charge in [-0.05, 0) is 38.1 Å². The van der Waals surface area contributed by atoms with Crippen LogP contribution in [0.15, 0.2) is 66.0 Å². The minimum Gasteiger partial charge on any atom is -0.353 e. The Morgan fingerprint density at radius 3 is 2.50 bits per heavy atom. The van der Waals surface area contributed by atoms with E-state index in [1.807, 2.05) is 48.7 Å². The SMILES string of the molecule is CC(C)NC(=O)CSc1ncc(-c2ccccc2)n1-c1ccc(F)cc1. The molecule has 0 aliphatic carbocycles. The van der Waals surface area contributed by atoms with Crippen molar-refractivity contribution < 1.29 is 9.18 Å². The van der Waals surface area contributed by atoms with Gasteiger partial charge in [-0.25, -0.2) is 9.37 Å². The van der Waals surface area contributed by atoms with Gasteiger partial charge < -0.3 is 5.32 Å². The van der Waals surface area contributed by atoms with Gasteiger partial charge in [0.05, 0.1) is 17.6 Å². The molecule has 1 N–H and O–H groups in total. The highest BCUT2D eigenvalue weighted by molar-refractivity contribution is 7.99. The number of hydrogen-bond donors (Lipinski definition) is 1. The molecule has 2 aromatic carbocycles. The summed E-state index contributed by atoms with van der Waals surface area (Å²) in [5, 5.41) is 3.56. The van der Waals surface area contributed by atoms with E-state index < -0.39 is 0 Å². The Hall–Kier alpha value is -2.60. The first-order valence-corrected chi connectivity index (χ1v) is 9.34. The predicted octanol–water partition coefficient (Wildman–Crippen LogP) is 4.30. The van der Waals surface area contributed by atoms with Gasteiger partial charge in [-0.2, -0.15) is 0 Å². The van der Waals surface area contributed by atoms with Gasteiger partial charge in [0.2, 0.25) is 5.91 Å². The largest absolute Gasteiger partial charge is 0.353 e. The maximum Gasteiger partial charge on any atom is 0.230 e. The van der Waals surface area contributed by atoms with Gasteiger partial charge in [-0.1, -0.05) is 42.1 Å². The van der Waals surface area contributed by atoms with E-state index in [0.717, 1.165) is 16.9 Å². The van der Waals surface area contributed by atoms with Gasteiger partial charge in [0.15, 0.2) is 5.16 Å². The molecule has 0 saturated carbocycles. The van der Waals surface area contributed by atoms with Crippen LogP contribution in [0, 0.1) is 5.82 Å². The third kappa shape index (κ3) is 4.32. The Bertz CT molecular complexity index is 876. The highest BCUT2D eigenvalue weighted by Gasteiger charge is 2.15. The average molecular weight is 369 g/mol. The summed E-state index contributed by atoms with van der Waals surface area (Å²) in [7, 11) is 0. The van der Waals surface area contributed by atoms with Crippen LogP contribution in [0.25, 0.3) is 16.9 Å². The summed E-state index contributed by atoms with van der Waals surface area (Å²) in [5.41, 5.74) is 2.70. The number of nitrogens with zero attached hydrogens (tertiary/aromatic N) is 2. The second-order valence-corrected chi connectivity index (χ2v) is 7.06. The van der Waals surface area contributed by atoms with Crippen molar-refractivity contribution in [1.29, 1.82) is 0 Å². The highest BCUT2D eigenvalue weighted by Crippen LogP contribution is 2.29. The number of hydrogen-bond acceptors (Lipinski definition) is 3. The fourth-order valence-electron chi connectivity index (χ4n) is 2.58. The van der Waals surface area contributed by atoms with Gasteiger partial charge in [0, 0.05) is 17.3 Å². The second kappa shape index (κ2) is 8.19. The standard InChI is InChI=1S/C20H20FN3OS/c1-14(2)23-19(25)13-26-20-22-12-18(15-6-4-3-5-7-15)24(20)17-10-8-16(21)9-11-17/h3-12,14H,13H2,1-2H3,(H,23,25). The molecule has 0 radical (unpaired) electrons. The second-order valence-electron chi connectivity index (χ2n) is 6.11. The molecule has 134 valence electrons. The summed E-state index contributed by atoms with van der Waals surface area (Å²) in [6, 6.07) is 16.2. The van der Waals surface area contributed by atoms with Crippen molar-refractivity contribution in [3.8, 4) is 16.9 Å². The first-order valence-electron chi connectivity index (χ1n) is 8.36. The molecule has 0 bridgehead atoms. The summed E-state index contributed by atoms with van der Waals surface area (Å²) < 4.78 is 15.3. The number of thioether (sulfide) groups is 1. The van der Waals surface area contributed by atoms with E-state index in [1.54, 1.807) is 18.3 Å². The molecular weight excluding hydrogens is 349 g/mol. The summed E-state index contributed by atoms with van der Waals surface area (Å²) in [6.45, 7) is 3.85. The van der Waals surface area contributed by atoms with Crippen LogP contribution < -0.4 is 5.32 Å². The molecule has 3 aromatic rings. The number of halogens is 1. The van der Waals surface area contributed by atoms with E-state index >= 15 is 0 Å². The van der Waals surface area contributed by atoms with Gasteiger partial charge in [-0.3, -0.25) is 9.36 Å². The van der Waals surface area contributed by atoms with Crippen molar-refractivity contribution in [2.45, 2.75) is 25.0 Å². The summed E-state index contributed by atoms with van der Waals surface area (Å²) in [4.78, 5) is 16.5. The van der Waals surface area contributed by atoms with Crippen LogP contribution in [0.1, 0.15) is 13.8 Å². The number of carbonyl (C=O) groups excluding carboxylic acids is 1. The number of imidazole rings is 1. The van der Waals surface area contributed by atoms with E-state index in [4.69, 9.17) is 0 Å². The van der Waals surface area contributed by atoms with Gasteiger partial charge in [0.1, 0.15) is 5.82 Å². The molecule has 1 aromatic heterocycles. The lowest BCUT2D eigenvalue weighted by molar-refractivity contribution is -0.119. The summed E-state index contributed by atoms with van der Waals surface area (Å²) >= 11 is 1.36. The molecule has 26 heavy (non-hydrogen) atoms. The zero-order chi connectivity index (χ0) is 18.5. The first-order chi connectivity index (χ1) is 12.5. The van der Waals surface area contributed by atoms with Crippen LogP contribution in [0.3, 0.4) is 0 Å². The minimum absolute atomic E-state index is 0.0417. The smallest absolute Gasteiger partial charge is 0.230 e. The van der Waals surface area contributed by atoms with Gasteiger partial charge in [0.25, 0.3) is 0 Å². The van der Waals surface area contributed by atoms with Crippen molar-refractivity contribution in [2.24, 2.45) is 0 Å². The van der Waals surface area contributed by atoms with Gasteiger partial charge >= 0.3 is 0 Å². The molecule has 3 rings (SSSR count). The Morgan fingerprint density at radius 2 is 1.85 bits per heavy atom. The third-order valence-electron chi connectivity index (χ3n) is 3.67. The number of carbonyl (C=O) groups is 1. The molecule has 0 spiro atoms. The number of aromatic nitrogens is 2.